The van der Waals surface area contributed by atoms with Gasteiger partial charge in [-0.05, 0) is 24.7 Å². The number of aliphatic carboxylic acids is 1. The summed E-state index contributed by atoms with van der Waals surface area (Å²) < 4.78 is 0.270. The van der Waals surface area contributed by atoms with Gasteiger partial charge in [0.25, 0.3) is 0 Å². The Bertz CT molecular complexity index is 282. The number of hydrogen-bond acceptors (Lipinski definition) is 3. The standard InChI is InChI=1S/C11H18O2S2/c1-10(2)7(8(10)9(12)13)6-11(3)14-4-5-15-11/h7-8H,4-6H2,1-3H3,(H,12,13). The van der Waals surface area contributed by atoms with Gasteiger partial charge >= 0.3 is 5.97 Å². The summed E-state index contributed by atoms with van der Waals surface area (Å²) in [5.74, 6) is 2.08. The van der Waals surface area contributed by atoms with Crippen molar-refractivity contribution in [2.45, 2.75) is 31.3 Å². The quantitative estimate of drug-likeness (QED) is 0.831. The van der Waals surface area contributed by atoms with Crippen molar-refractivity contribution in [2.75, 3.05) is 11.5 Å². The maximum absolute atomic E-state index is 11.1. The van der Waals surface area contributed by atoms with E-state index >= 15 is 0 Å². The molecule has 2 nitrogen and oxygen atoms in total. The molecule has 0 radical (unpaired) electrons. The van der Waals surface area contributed by atoms with Gasteiger partial charge in [0.1, 0.15) is 0 Å². The second kappa shape index (κ2) is 3.59. The van der Waals surface area contributed by atoms with Gasteiger partial charge in [-0.15, -0.1) is 23.5 Å². The highest BCUT2D eigenvalue weighted by Gasteiger charge is 2.63. The van der Waals surface area contributed by atoms with E-state index in [0.717, 1.165) is 6.42 Å². The molecule has 15 heavy (non-hydrogen) atoms. The van der Waals surface area contributed by atoms with Crippen LogP contribution in [0.3, 0.4) is 0 Å². The maximum atomic E-state index is 11.1. The molecule has 4 heteroatoms. The van der Waals surface area contributed by atoms with Crippen LogP contribution in [0, 0.1) is 17.3 Å². The molecule has 2 aliphatic rings. The predicted octanol–water partition coefficient (Wildman–Crippen LogP) is 2.93. The molecule has 0 bridgehead atoms. The Morgan fingerprint density at radius 3 is 2.27 bits per heavy atom. The zero-order valence-electron chi connectivity index (χ0n) is 9.45. The predicted molar refractivity (Wildman–Crippen MR) is 66.3 cm³/mol. The van der Waals surface area contributed by atoms with Crippen LogP contribution in [0.5, 0.6) is 0 Å². The molecule has 1 heterocycles. The van der Waals surface area contributed by atoms with Crippen molar-refractivity contribution in [1.29, 1.82) is 0 Å². The second-order valence-corrected chi connectivity index (χ2v) is 8.73. The molecule has 86 valence electrons. The van der Waals surface area contributed by atoms with Gasteiger partial charge in [-0.3, -0.25) is 4.79 Å². The molecule has 1 N–H and O–H groups in total. The fraction of sp³-hybridized carbons (Fsp3) is 0.909. The molecule has 2 rings (SSSR count). The fourth-order valence-corrected chi connectivity index (χ4v) is 5.65. The molecular formula is C11H18O2S2. The monoisotopic (exact) mass is 246 g/mol. The van der Waals surface area contributed by atoms with Gasteiger partial charge in [-0.1, -0.05) is 13.8 Å². The molecule has 1 aliphatic carbocycles. The first-order valence-corrected chi connectivity index (χ1v) is 7.35. The van der Waals surface area contributed by atoms with Crippen molar-refractivity contribution in [1.82, 2.24) is 0 Å². The molecule has 2 atom stereocenters. The largest absolute Gasteiger partial charge is 0.481 e. The summed E-state index contributed by atoms with van der Waals surface area (Å²) in [5.41, 5.74) is 0.0125. The summed E-state index contributed by atoms with van der Waals surface area (Å²) in [7, 11) is 0. The van der Waals surface area contributed by atoms with Crippen LogP contribution in [0.25, 0.3) is 0 Å². The first kappa shape index (κ1) is 11.6. The molecule has 2 unspecified atom stereocenters. The number of carbonyl (C=O) groups is 1. The molecule has 0 aromatic carbocycles. The number of hydrogen-bond donors (Lipinski definition) is 1. The normalized spacial score (nSPS) is 36.5. The highest BCUT2D eigenvalue weighted by atomic mass is 32.2. The molecule has 1 saturated carbocycles. The van der Waals surface area contributed by atoms with E-state index < -0.39 is 5.97 Å². The molecule has 0 aromatic rings. The van der Waals surface area contributed by atoms with Crippen molar-refractivity contribution >= 4 is 29.5 Å². The minimum atomic E-state index is -0.610. The molecular weight excluding hydrogens is 228 g/mol. The van der Waals surface area contributed by atoms with Crippen molar-refractivity contribution in [3.63, 3.8) is 0 Å². The van der Waals surface area contributed by atoms with Gasteiger partial charge in [0.2, 0.25) is 0 Å². The van der Waals surface area contributed by atoms with Crippen molar-refractivity contribution in [3.8, 4) is 0 Å². The Labute approximate surface area is 99.6 Å². The van der Waals surface area contributed by atoms with Gasteiger partial charge < -0.3 is 5.11 Å². The molecule has 1 saturated heterocycles. The summed E-state index contributed by atoms with van der Waals surface area (Å²) in [5, 5.41) is 9.10. The average Bonchev–Trinajstić information content (AvgIpc) is 2.47. The summed E-state index contributed by atoms with van der Waals surface area (Å²) >= 11 is 4.00. The molecule has 0 amide bonds. The molecule has 0 aromatic heterocycles. The SMILES string of the molecule is CC1(CC2C(C(=O)O)C2(C)C)SCCS1. The van der Waals surface area contributed by atoms with E-state index in [4.69, 9.17) is 5.11 Å². The summed E-state index contributed by atoms with van der Waals surface area (Å²) in [6.07, 6.45) is 1.05. The van der Waals surface area contributed by atoms with Gasteiger partial charge in [0.15, 0.2) is 0 Å². The first-order valence-electron chi connectivity index (χ1n) is 5.37. The van der Waals surface area contributed by atoms with Crippen LogP contribution in [0.4, 0.5) is 0 Å². The summed E-state index contributed by atoms with van der Waals surface area (Å²) in [6, 6.07) is 0. The second-order valence-electron chi connectivity index (χ2n) is 5.28. The van der Waals surface area contributed by atoms with E-state index in [0.29, 0.717) is 5.92 Å². The van der Waals surface area contributed by atoms with E-state index in [9.17, 15) is 4.79 Å². The zero-order chi connectivity index (χ0) is 11.3. The number of carboxylic acids is 1. The van der Waals surface area contributed by atoms with Crippen molar-refractivity contribution < 1.29 is 9.90 Å². The van der Waals surface area contributed by atoms with E-state index in [-0.39, 0.29) is 15.4 Å². The van der Waals surface area contributed by atoms with Crippen LogP contribution in [0.2, 0.25) is 0 Å². The third-order valence-corrected chi connectivity index (χ3v) is 7.14. The topological polar surface area (TPSA) is 37.3 Å². The van der Waals surface area contributed by atoms with Gasteiger partial charge in [0.05, 0.1) is 10.00 Å². The van der Waals surface area contributed by atoms with E-state index in [1.807, 2.05) is 23.5 Å². The van der Waals surface area contributed by atoms with Crippen LogP contribution in [-0.2, 0) is 4.79 Å². The van der Waals surface area contributed by atoms with Crippen molar-refractivity contribution in [2.24, 2.45) is 17.3 Å². The Morgan fingerprint density at radius 2 is 1.87 bits per heavy atom. The molecule has 2 fully saturated rings. The summed E-state index contributed by atoms with van der Waals surface area (Å²) in [6.45, 7) is 6.44. The Kier molecular flexibility index (Phi) is 2.79. The Balaban J connectivity index is 1.99. The van der Waals surface area contributed by atoms with Crippen LogP contribution in [0.1, 0.15) is 27.2 Å². The maximum Gasteiger partial charge on any atom is 0.307 e. The molecule has 0 spiro atoms. The van der Waals surface area contributed by atoms with Crippen LogP contribution >= 0.6 is 23.5 Å². The smallest absolute Gasteiger partial charge is 0.307 e. The number of rotatable bonds is 3. The van der Waals surface area contributed by atoms with E-state index in [2.05, 4.69) is 20.8 Å². The lowest BCUT2D eigenvalue weighted by molar-refractivity contribution is -0.139. The number of carboxylic acid groups (broad SMARTS) is 1. The first-order chi connectivity index (χ1) is 6.87. The fourth-order valence-electron chi connectivity index (χ4n) is 2.69. The minimum Gasteiger partial charge on any atom is -0.481 e. The van der Waals surface area contributed by atoms with Crippen LogP contribution in [-0.4, -0.2) is 26.7 Å². The zero-order valence-corrected chi connectivity index (χ0v) is 11.1. The number of thioether (sulfide) groups is 2. The van der Waals surface area contributed by atoms with Gasteiger partial charge in [-0.2, -0.15) is 0 Å². The lowest BCUT2D eigenvalue weighted by Crippen LogP contribution is -2.14. The average molecular weight is 246 g/mol. The molecule has 1 aliphatic heterocycles. The lowest BCUT2D eigenvalue weighted by atomic mass is 10.1. The third kappa shape index (κ3) is 2.03. The van der Waals surface area contributed by atoms with Gasteiger partial charge in [-0.25, -0.2) is 0 Å². The van der Waals surface area contributed by atoms with Crippen LogP contribution in [0.15, 0.2) is 0 Å². The summed E-state index contributed by atoms with van der Waals surface area (Å²) in [4.78, 5) is 11.1. The Hall–Kier alpha value is 0.170. The minimum absolute atomic E-state index is 0.0125. The van der Waals surface area contributed by atoms with E-state index in [1.54, 1.807) is 0 Å². The van der Waals surface area contributed by atoms with Gasteiger partial charge in [0, 0.05) is 11.5 Å². The van der Waals surface area contributed by atoms with E-state index in [1.165, 1.54) is 11.5 Å². The van der Waals surface area contributed by atoms with Crippen LogP contribution < -0.4 is 0 Å². The third-order valence-electron chi connectivity index (χ3n) is 3.81. The Morgan fingerprint density at radius 1 is 1.33 bits per heavy atom. The lowest BCUT2D eigenvalue weighted by Gasteiger charge is -2.22. The highest BCUT2D eigenvalue weighted by Crippen LogP contribution is 2.64. The highest BCUT2D eigenvalue weighted by molar-refractivity contribution is 8.21. The van der Waals surface area contributed by atoms with Crippen molar-refractivity contribution in [3.05, 3.63) is 0 Å².